The Hall–Kier alpha value is -2.18. The molecule has 0 saturated heterocycles. The number of nitrogens with one attached hydrogen (secondary N) is 1. The van der Waals surface area contributed by atoms with E-state index in [2.05, 4.69) is 28.8 Å². The fraction of sp³-hybridized carbons (Fsp3) is 0.167. The van der Waals surface area contributed by atoms with Gasteiger partial charge in [-0.25, -0.2) is 9.97 Å². The van der Waals surface area contributed by atoms with E-state index in [1.165, 1.54) is 22.2 Å². The molecule has 0 spiro atoms. The highest BCUT2D eigenvalue weighted by molar-refractivity contribution is 8.00. The maximum Gasteiger partial charge on any atom is 0.175 e. The lowest BCUT2D eigenvalue weighted by Crippen LogP contribution is -2.02. The Morgan fingerprint density at radius 2 is 2.08 bits per heavy atom. The SMILES string of the molecule is Cc1sc2ncnc(SCC(=O)c3c[nH]c4ccccc34)c2c1C. The minimum absolute atomic E-state index is 0.105. The standard InChI is InChI=1S/C18H15N3OS2/c1-10-11(2)24-18-16(10)17(20-9-21-18)23-8-15(22)13-7-19-14-6-4-3-5-12(13)14/h3-7,9,19H,8H2,1-2H3. The molecule has 0 aliphatic rings. The fourth-order valence-corrected chi connectivity index (χ4v) is 4.77. The van der Waals surface area contributed by atoms with Gasteiger partial charge in [0.05, 0.1) is 5.75 Å². The molecule has 1 aromatic carbocycles. The van der Waals surface area contributed by atoms with Gasteiger partial charge < -0.3 is 4.98 Å². The number of hydrogen-bond donors (Lipinski definition) is 1. The number of thioether (sulfide) groups is 1. The van der Waals surface area contributed by atoms with Gasteiger partial charge in [0.25, 0.3) is 0 Å². The normalized spacial score (nSPS) is 11.4. The number of hydrogen-bond acceptors (Lipinski definition) is 5. The number of carbonyl (C=O) groups is 1. The number of ketones is 1. The zero-order valence-electron chi connectivity index (χ0n) is 13.3. The zero-order valence-corrected chi connectivity index (χ0v) is 14.9. The number of aromatic nitrogens is 3. The van der Waals surface area contributed by atoms with Gasteiger partial charge in [0.2, 0.25) is 0 Å². The first kappa shape index (κ1) is 15.4. The summed E-state index contributed by atoms with van der Waals surface area (Å²) in [6.07, 6.45) is 3.37. The van der Waals surface area contributed by atoms with Crippen molar-refractivity contribution in [1.82, 2.24) is 15.0 Å². The number of carbonyl (C=O) groups excluding carboxylic acids is 1. The number of rotatable bonds is 4. The molecule has 4 aromatic rings. The number of thiophene rings is 1. The van der Waals surface area contributed by atoms with Crippen molar-refractivity contribution in [3.05, 3.63) is 52.8 Å². The number of nitrogens with zero attached hydrogens (tertiary/aromatic N) is 2. The third-order valence-electron chi connectivity index (χ3n) is 4.16. The van der Waals surface area contributed by atoms with Crippen LogP contribution in [0.3, 0.4) is 0 Å². The van der Waals surface area contributed by atoms with Crippen molar-refractivity contribution in [2.45, 2.75) is 18.9 Å². The summed E-state index contributed by atoms with van der Waals surface area (Å²) in [5.74, 6) is 0.469. The summed E-state index contributed by atoms with van der Waals surface area (Å²) in [7, 11) is 0. The lowest BCUT2D eigenvalue weighted by molar-refractivity contribution is 0.102. The third kappa shape index (κ3) is 2.52. The molecule has 24 heavy (non-hydrogen) atoms. The summed E-state index contributed by atoms with van der Waals surface area (Å²) >= 11 is 3.16. The number of para-hydroxylation sites is 1. The van der Waals surface area contributed by atoms with Gasteiger partial charge in [-0.15, -0.1) is 11.3 Å². The molecule has 0 unspecified atom stereocenters. The molecule has 6 heteroatoms. The second-order valence-corrected chi connectivity index (χ2v) is 7.77. The van der Waals surface area contributed by atoms with Crippen LogP contribution in [0.5, 0.6) is 0 Å². The molecule has 4 nitrogen and oxygen atoms in total. The molecular formula is C18H15N3OS2. The Morgan fingerprint density at radius 1 is 1.25 bits per heavy atom. The first-order valence-corrected chi connectivity index (χ1v) is 9.38. The van der Waals surface area contributed by atoms with Gasteiger partial charge in [-0.2, -0.15) is 0 Å². The Balaban J connectivity index is 1.62. The van der Waals surface area contributed by atoms with E-state index in [4.69, 9.17) is 0 Å². The Morgan fingerprint density at radius 3 is 2.96 bits per heavy atom. The van der Waals surface area contributed by atoms with E-state index >= 15 is 0 Å². The summed E-state index contributed by atoms with van der Waals surface area (Å²) in [6, 6.07) is 7.86. The van der Waals surface area contributed by atoms with E-state index in [9.17, 15) is 4.79 Å². The van der Waals surface area contributed by atoms with E-state index < -0.39 is 0 Å². The van der Waals surface area contributed by atoms with Crippen LogP contribution < -0.4 is 0 Å². The Labute approximate surface area is 147 Å². The number of aromatic amines is 1. The van der Waals surface area contributed by atoms with Crippen LogP contribution in [0.1, 0.15) is 20.8 Å². The molecule has 4 rings (SSSR count). The highest BCUT2D eigenvalue weighted by atomic mass is 32.2. The predicted octanol–water partition coefficient (Wildman–Crippen LogP) is 4.76. The first-order valence-electron chi connectivity index (χ1n) is 7.58. The largest absolute Gasteiger partial charge is 0.360 e. The number of benzene rings is 1. The van der Waals surface area contributed by atoms with E-state index in [0.29, 0.717) is 5.75 Å². The quantitative estimate of drug-likeness (QED) is 0.326. The molecule has 1 N–H and O–H groups in total. The predicted molar refractivity (Wildman–Crippen MR) is 100 cm³/mol. The van der Waals surface area contributed by atoms with Gasteiger partial charge in [-0.1, -0.05) is 30.0 Å². The minimum Gasteiger partial charge on any atom is -0.360 e. The Bertz CT molecular complexity index is 1060. The van der Waals surface area contributed by atoms with Crippen molar-refractivity contribution in [3.63, 3.8) is 0 Å². The second-order valence-electron chi connectivity index (χ2n) is 5.60. The number of fused-ring (bicyclic) bond motifs is 2. The summed E-state index contributed by atoms with van der Waals surface area (Å²) in [5.41, 5.74) is 2.93. The molecule has 0 saturated carbocycles. The van der Waals surface area contributed by atoms with Gasteiger partial charge in [0.1, 0.15) is 16.2 Å². The fourth-order valence-electron chi connectivity index (χ4n) is 2.77. The van der Waals surface area contributed by atoms with Crippen molar-refractivity contribution in [3.8, 4) is 0 Å². The zero-order chi connectivity index (χ0) is 16.7. The molecule has 3 heterocycles. The molecule has 3 aromatic heterocycles. The van der Waals surface area contributed by atoms with Crippen LogP contribution in [0.15, 0.2) is 41.8 Å². The highest BCUT2D eigenvalue weighted by Gasteiger charge is 2.16. The van der Waals surface area contributed by atoms with Crippen LogP contribution in [0, 0.1) is 13.8 Å². The summed E-state index contributed by atoms with van der Waals surface area (Å²) in [4.78, 5) is 26.8. The van der Waals surface area contributed by atoms with Crippen LogP contribution in [0.2, 0.25) is 0 Å². The van der Waals surface area contributed by atoms with E-state index in [1.54, 1.807) is 23.9 Å². The van der Waals surface area contributed by atoms with E-state index in [-0.39, 0.29) is 5.78 Å². The van der Waals surface area contributed by atoms with Gasteiger partial charge in [0.15, 0.2) is 5.78 Å². The van der Waals surface area contributed by atoms with E-state index in [0.717, 1.165) is 31.7 Å². The maximum atomic E-state index is 12.6. The molecule has 120 valence electrons. The van der Waals surface area contributed by atoms with Gasteiger partial charge in [-0.05, 0) is 25.5 Å². The van der Waals surface area contributed by atoms with Gasteiger partial charge in [-0.3, -0.25) is 4.79 Å². The summed E-state index contributed by atoms with van der Waals surface area (Å²) in [6.45, 7) is 4.18. The molecular weight excluding hydrogens is 338 g/mol. The smallest absolute Gasteiger partial charge is 0.175 e. The average Bonchev–Trinajstić information content (AvgIpc) is 3.15. The van der Waals surface area contributed by atoms with Crippen LogP contribution in [-0.4, -0.2) is 26.5 Å². The molecule has 0 aliphatic carbocycles. The topological polar surface area (TPSA) is 58.6 Å². The highest BCUT2D eigenvalue weighted by Crippen LogP contribution is 2.34. The van der Waals surface area contributed by atoms with Crippen LogP contribution in [0.4, 0.5) is 0 Å². The molecule has 0 aliphatic heterocycles. The molecule has 0 atom stereocenters. The third-order valence-corrected chi connectivity index (χ3v) is 6.26. The van der Waals surface area contributed by atoms with Crippen LogP contribution in [-0.2, 0) is 0 Å². The maximum absolute atomic E-state index is 12.6. The molecule has 0 radical (unpaired) electrons. The second kappa shape index (κ2) is 6.03. The molecule has 0 fully saturated rings. The average molecular weight is 353 g/mol. The summed E-state index contributed by atoms with van der Waals surface area (Å²) < 4.78 is 0. The van der Waals surface area contributed by atoms with Crippen molar-refractivity contribution in [1.29, 1.82) is 0 Å². The van der Waals surface area contributed by atoms with Crippen LogP contribution in [0.25, 0.3) is 21.1 Å². The first-order chi connectivity index (χ1) is 11.6. The number of H-pyrrole nitrogens is 1. The van der Waals surface area contributed by atoms with Crippen molar-refractivity contribution in [2.75, 3.05) is 5.75 Å². The molecule has 0 amide bonds. The van der Waals surface area contributed by atoms with Crippen LogP contribution >= 0.6 is 23.1 Å². The Kier molecular flexibility index (Phi) is 3.86. The van der Waals surface area contributed by atoms with Crippen molar-refractivity contribution in [2.24, 2.45) is 0 Å². The van der Waals surface area contributed by atoms with E-state index in [1.807, 2.05) is 24.3 Å². The van der Waals surface area contributed by atoms with Crippen molar-refractivity contribution >= 4 is 50.0 Å². The molecule has 0 bridgehead atoms. The monoisotopic (exact) mass is 353 g/mol. The van der Waals surface area contributed by atoms with Gasteiger partial charge >= 0.3 is 0 Å². The van der Waals surface area contributed by atoms with Crippen molar-refractivity contribution < 1.29 is 4.79 Å². The minimum atomic E-state index is 0.105. The number of aryl methyl sites for hydroxylation is 2. The lowest BCUT2D eigenvalue weighted by Gasteiger charge is -2.03. The van der Waals surface area contributed by atoms with Gasteiger partial charge in [0, 0.05) is 32.9 Å². The summed E-state index contributed by atoms with van der Waals surface area (Å²) in [5, 5.41) is 2.94. The lowest BCUT2D eigenvalue weighted by atomic mass is 10.1. The number of Topliss-reactive ketones (excluding diaryl/α,β-unsaturated/α-hetero) is 1.